The molecule has 0 saturated carbocycles. The van der Waals surface area contributed by atoms with Gasteiger partial charge in [0.2, 0.25) is 0 Å². The Labute approximate surface area is 133 Å². The summed E-state index contributed by atoms with van der Waals surface area (Å²) in [6.45, 7) is 2.23. The zero-order valence-electron chi connectivity index (χ0n) is 12.7. The van der Waals surface area contributed by atoms with E-state index >= 15 is 0 Å². The van der Waals surface area contributed by atoms with E-state index in [2.05, 4.69) is 20.4 Å². The van der Waals surface area contributed by atoms with E-state index in [0.717, 1.165) is 11.1 Å². The van der Waals surface area contributed by atoms with E-state index in [4.69, 9.17) is 4.52 Å². The molecule has 0 bridgehead atoms. The van der Waals surface area contributed by atoms with Crippen LogP contribution < -0.4 is 5.32 Å². The molecule has 0 aliphatic rings. The van der Waals surface area contributed by atoms with Crippen molar-refractivity contribution in [2.75, 3.05) is 6.54 Å². The van der Waals surface area contributed by atoms with Gasteiger partial charge in [-0.2, -0.15) is 0 Å². The van der Waals surface area contributed by atoms with Crippen LogP contribution in [0.3, 0.4) is 0 Å². The maximum atomic E-state index is 11.8. The second-order valence-electron chi connectivity index (χ2n) is 5.11. The van der Waals surface area contributed by atoms with Crippen molar-refractivity contribution >= 4 is 5.91 Å². The number of carbonyl (C=O) groups excluding carboxylic acids is 1. The van der Waals surface area contributed by atoms with Crippen LogP contribution in [0.4, 0.5) is 0 Å². The lowest BCUT2D eigenvalue weighted by molar-refractivity contribution is 0.0945. The smallest absolute Gasteiger partial charge is 0.273 e. The van der Waals surface area contributed by atoms with Gasteiger partial charge >= 0.3 is 0 Å². The highest BCUT2D eigenvalue weighted by molar-refractivity contribution is 5.92. The molecule has 3 rings (SSSR count). The van der Waals surface area contributed by atoms with Crippen molar-refractivity contribution in [1.82, 2.24) is 20.4 Å². The Morgan fingerprint density at radius 1 is 1.17 bits per heavy atom. The van der Waals surface area contributed by atoms with Gasteiger partial charge in [0.05, 0.1) is 0 Å². The van der Waals surface area contributed by atoms with Gasteiger partial charge in [0, 0.05) is 30.6 Å². The maximum absolute atomic E-state index is 11.8. The summed E-state index contributed by atoms with van der Waals surface area (Å²) in [5, 5.41) is 6.46. The maximum Gasteiger partial charge on any atom is 0.273 e. The summed E-state index contributed by atoms with van der Waals surface area (Å²) in [6, 6.07) is 11.4. The lowest BCUT2D eigenvalue weighted by atomic mass is 10.2. The van der Waals surface area contributed by atoms with Crippen LogP contribution in [-0.4, -0.2) is 27.6 Å². The minimum Gasteiger partial charge on any atom is -0.361 e. The highest BCUT2D eigenvalue weighted by atomic mass is 16.5. The molecule has 116 valence electrons. The Kier molecular flexibility index (Phi) is 4.42. The molecule has 0 aliphatic heterocycles. The fraction of sp³-hybridized carbons (Fsp3) is 0.176. The van der Waals surface area contributed by atoms with Crippen molar-refractivity contribution in [2.45, 2.75) is 13.3 Å². The van der Waals surface area contributed by atoms with Crippen LogP contribution in [0.25, 0.3) is 11.4 Å². The van der Waals surface area contributed by atoms with Gasteiger partial charge in [-0.3, -0.25) is 4.79 Å². The Bertz CT molecular complexity index is 782. The Balaban J connectivity index is 1.54. The number of carbonyl (C=O) groups is 1. The van der Waals surface area contributed by atoms with Gasteiger partial charge in [-0.25, -0.2) is 9.97 Å². The number of aryl methyl sites for hydroxylation is 1. The fourth-order valence-corrected chi connectivity index (χ4v) is 2.10. The van der Waals surface area contributed by atoms with Gasteiger partial charge < -0.3 is 9.84 Å². The number of hydrogen-bond donors (Lipinski definition) is 1. The number of hydrogen-bond acceptors (Lipinski definition) is 5. The van der Waals surface area contributed by atoms with Gasteiger partial charge in [-0.05, 0) is 18.9 Å². The van der Waals surface area contributed by atoms with Crippen molar-refractivity contribution in [3.05, 3.63) is 65.8 Å². The molecular weight excluding hydrogens is 292 g/mol. The van der Waals surface area contributed by atoms with Crippen LogP contribution in [0.2, 0.25) is 0 Å². The molecule has 1 amide bonds. The average molecular weight is 308 g/mol. The molecule has 0 atom stereocenters. The van der Waals surface area contributed by atoms with Crippen LogP contribution in [0.15, 0.2) is 53.3 Å². The molecule has 1 N–H and O–H groups in total. The molecule has 6 nitrogen and oxygen atoms in total. The third kappa shape index (κ3) is 3.79. The molecule has 2 aromatic heterocycles. The lowest BCUT2D eigenvalue weighted by Gasteiger charge is -2.04. The number of benzene rings is 1. The quantitative estimate of drug-likeness (QED) is 0.783. The van der Waals surface area contributed by atoms with Crippen molar-refractivity contribution in [2.24, 2.45) is 0 Å². The van der Waals surface area contributed by atoms with E-state index in [9.17, 15) is 4.79 Å². The van der Waals surface area contributed by atoms with Crippen LogP contribution in [0, 0.1) is 6.92 Å². The van der Waals surface area contributed by atoms with E-state index in [0.29, 0.717) is 24.6 Å². The summed E-state index contributed by atoms with van der Waals surface area (Å²) < 4.78 is 4.87. The van der Waals surface area contributed by atoms with Gasteiger partial charge in [0.1, 0.15) is 5.76 Å². The zero-order chi connectivity index (χ0) is 16.1. The number of nitrogens with one attached hydrogen (secondary N) is 1. The molecule has 3 aromatic rings. The van der Waals surface area contributed by atoms with Gasteiger partial charge in [0.15, 0.2) is 11.5 Å². The molecule has 0 fully saturated rings. The Morgan fingerprint density at radius 2 is 1.91 bits per heavy atom. The molecule has 0 spiro atoms. The highest BCUT2D eigenvalue weighted by Gasteiger charge is 2.10. The molecule has 0 unspecified atom stereocenters. The molecule has 2 heterocycles. The molecule has 23 heavy (non-hydrogen) atoms. The SMILES string of the molecule is Cc1cc(C(=O)NCCc2cnc(-c3ccccc3)nc2)no1. The van der Waals surface area contributed by atoms with E-state index < -0.39 is 0 Å². The average Bonchev–Trinajstić information content (AvgIpc) is 3.03. The minimum atomic E-state index is -0.247. The highest BCUT2D eigenvalue weighted by Crippen LogP contribution is 2.13. The van der Waals surface area contributed by atoms with Crippen molar-refractivity contribution in [3.63, 3.8) is 0 Å². The first-order valence-corrected chi connectivity index (χ1v) is 7.30. The van der Waals surface area contributed by atoms with Crippen LogP contribution in [0.5, 0.6) is 0 Å². The van der Waals surface area contributed by atoms with E-state index in [1.165, 1.54) is 0 Å². The van der Waals surface area contributed by atoms with Gasteiger partial charge in [0.25, 0.3) is 5.91 Å². The predicted molar refractivity (Wildman–Crippen MR) is 84.7 cm³/mol. The Hall–Kier alpha value is -3.02. The van der Waals surface area contributed by atoms with Crippen LogP contribution in [0.1, 0.15) is 21.8 Å². The summed E-state index contributed by atoms with van der Waals surface area (Å²) in [5.41, 5.74) is 2.23. The normalized spacial score (nSPS) is 10.5. The van der Waals surface area contributed by atoms with Crippen molar-refractivity contribution in [1.29, 1.82) is 0 Å². The first-order valence-electron chi connectivity index (χ1n) is 7.30. The second-order valence-corrected chi connectivity index (χ2v) is 5.11. The van der Waals surface area contributed by atoms with E-state index in [1.807, 2.05) is 30.3 Å². The molecule has 0 aliphatic carbocycles. The van der Waals surface area contributed by atoms with Crippen molar-refractivity contribution < 1.29 is 9.32 Å². The Morgan fingerprint density at radius 3 is 2.57 bits per heavy atom. The van der Waals surface area contributed by atoms with Crippen LogP contribution in [-0.2, 0) is 6.42 Å². The van der Waals surface area contributed by atoms with Crippen LogP contribution >= 0.6 is 0 Å². The first-order chi connectivity index (χ1) is 11.2. The molecule has 0 radical (unpaired) electrons. The molecule has 1 aromatic carbocycles. The molecular formula is C17H16N4O2. The minimum absolute atomic E-state index is 0.247. The number of rotatable bonds is 5. The number of nitrogens with zero attached hydrogens (tertiary/aromatic N) is 3. The summed E-state index contributed by atoms with van der Waals surface area (Å²) >= 11 is 0. The van der Waals surface area contributed by atoms with E-state index in [-0.39, 0.29) is 11.6 Å². The summed E-state index contributed by atoms with van der Waals surface area (Å²) in [7, 11) is 0. The predicted octanol–water partition coefficient (Wildman–Crippen LogP) is 2.41. The summed E-state index contributed by atoms with van der Waals surface area (Å²) in [5.74, 6) is 1.06. The standard InChI is InChI=1S/C17H16N4O2/c1-12-9-15(21-23-12)17(22)18-8-7-13-10-19-16(20-11-13)14-5-3-2-4-6-14/h2-6,9-11H,7-8H2,1H3,(H,18,22). The first kappa shape index (κ1) is 14.9. The second kappa shape index (κ2) is 6.83. The van der Waals surface area contributed by atoms with Crippen molar-refractivity contribution in [3.8, 4) is 11.4 Å². The van der Waals surface area contributed by atoms with Gasteiger partial charge in [-0.1, -0.05) is 35.5 Å². The zero-order valence-corrected chi connectivity index (χ0v) is 12.7. The van der Waals surface area contributed by atoms with Gasteiger partial charge in [-0.15, -0.1) is 0 Å². The third-order valence-electron chi connectivity index (χ3n) is 3.30. The third-order valence-corrected chi connectivity index (χ3v) is 3.30. The monoisotopic (exact) mass is 308 g/mol. The topological polar surface area (TPSA) is 80.9 Å². The molecule has 0 saturated heterocycles. The summed E-state index contributed by atoms with van der Waals surface area (Å²) in [6.07, 6.45) is 4.21. The lowest BCUT2D eigenvalue weighted by Crippen LogP contribution is -2.26. The largest absolute Gasteiger partial charge is 0.361 e. The fourth-order valence-electron chi connectivity index (χ4n) is 2.10. The summed E-state index contributed by atoms with van der Waals surface area (Å²) in [4.78, 5) is 20.5. The molecule has 6 heteroatoms. The number of amides is 1. The number of aromatic nitrogens is 3. The van der Waals surface area contributed by atoms with E-state index in [1.54, 1.807) is 25.4 Å².